The number of anilines is 1. The van der Waals surface area contributed by atoms with E-state index < -0.39 is 0 Å². The molecule has 0 aliphatic carbocycles. The average Bonchev–Trinajstić information content (AvgIpc) is 3.15. The van der Waals surface area contributed by atoms with Crippen LogP contribution in [0.25, 0.3) is 16.8 Å². The van der Waals surface area contributed by atoms with E-state index in [-0.39, 0.29) is 11.6 Å². The maximum Gasteiger partial charge on any atom is 0.278 e. The van der Waals surface area contributed by atoms with E-state index in [0.717, 1.165) is 16.8 Å². The molecule has 0 unspecified atom stereocenters. The molecular formula is C23H23N5O3. The Labute approximate surface area is 179 Å². The zero-order chi connectivity index (χ0) is 21.8. The summed E-state index contributed by atoms with van der Waals surface area (Å²) >= 11 is 0. The predicted molar refractivity (Wildman–Crippen MR) is 117 cm³/mol. The third-order valence-corrected chi connectivity index (χ3v) is 4.83. The molecule has 2 aromatic carbocycles. The first kappa shape index (κ1) is 20.5. The van der Waals surface area contributed by atoms with E-state index in [1.54, 1.807) is 30.7 Å². The minimum atomic E-state index is -0.385. The number of ether oxygens (including phenoxy) is 2. The maximum absolute atomic E-state index is 13.0. The fourth-order valence-corrected chi connectivity index (χ4v) is 3.43. The standard InChI is InChI=1S/C23H23N5O3/c1-4-31-19-13-9-8-12-17(19)24-23(29)21-15(2)28-22(26-25-21)20(18(27-28)14-30-3)16-10-6-5-7-11-16/h5-13H,4,14H2,1-3H3,(H,24,29). The van der Waals surface area contributed by atoms with Crippen LogP contribution >= 0.6 is 0 Å². The third kappa shape index (κ3) is 3.97. The number of nitrogens with zero attached hydrogens (tertiary/aromatic N) is 4. The summed E-state index contributed by atoms with van der Waals surface area (Å²) in [7, 11) is 1.62. The Bertz CT molecular complexity index is 1220. The lowest BCUT2D eigenvalue weighted by molar-refractivity contribution is 0.101. The second-order valence-electron chi connectivity index (χ2n) is 6.87. The van der Waals surface area contributed by atoms with Crippen molar-refractivity contribution in [2.24, 2.45) is 0 Å². The molecule has 2 aromatic heterocycles. The van der Waals surface area contributed by atoms with Crippen LogP contribution in [-0.4, -0.2) is 39.4 Å². The average molecular weight is 417 g/mol. The molecule has 31 heavy (non-hydrogen) atoms. The Morgan fingerprint density at radius 1 is 1.06 bits per heavy atom. The van der Waals surface area contributed by atoms with Gasteiger partial charge in [0.1, 0.15) is 5.75 Å². The summed E-state index contributed by atoms with van der Waals surface area (Å²) in [6.45, 7) is 4.50. The van der Waals surface area contributed by atoms with Gasteiger partial charge < -0.3 is 14.8 Å². The molecule has 0 aliphatic heterocycles. The number of para-hydroxylation sites is 2. The molecule has 0 bridgehead atoms. The molecule has 4 rings (SSSR count). The summed E-state index contributed by atoms with van der Waals surface area (Å²) in [6, 6.07) is 17.1. The van der Waals surface area contributed by atoms with Gasteiger partial charge >= 0.3 is 0 Å². The largest absolute Gasteiger partial charge is 0.492 e. The Morgan fingerprint density at radius 3 is 2.55 bits per heavy atom. The van der Waals surface area contributed by atoms with E-state index in [1.807, 2.05) is 49.4 Å². The maximum atomic E-state index is 13.0. The van der Waals surface area contributed by atoms with E-state index in [1.165, 1.54) is 0 Å². The molecule has 0 spiro atoms. The summed E-state index contributed by atoms with van der Waals surface area (Å²) in [4.78, 5) is 13.0. The highest BCUT2D eigenvalue weighted by Gasteiger charge is 2.22. The molecule has 0 radical (unpaired) electrons. The first-order valence-electron chi connectivity index (χ1n) is 9.96. The summed E-state index contributed by atoms with van der Waals surface area (Å²) in [5.74, 6) is 0.210. The molecule has 8 heteroatoms. The van der Waals surface area contributed by atoms with Crippen LogP contribution in [0.4, 0.5) is 5.69 Å². The first-order chi connectivity index (χ1) is 15.1. The van der Waals surface area contributed by atoms with Gasteiger partial charge in [0, 0.05) is 7.11 Å². The number of carbonyl (C=O) groups is 1. The zero-order valence-electron chi connectivity index (χ0n) is 17.6. The molecule has 1 N–H and O–H groups in total. The van der Waals surface area contributed by atoms with Gasteiger partial charge in [0.2, 0.25) is 0 Å². The van der Waals surface area contributed by atoms with Crippen molar-refractivity contribution in [1.82, 2.24) is 19.8 Å². The molecule has 2 heterocycles. The van der Waals surface area contributed by atoms with Crippen LogP contribution in [0, 0.1) is 6.92 Å². The first-order valence-corrected chi connectivity index (χ1v) is 9.96. The lowest BCUT2D eigenvalue weighted by Gasteiger charge is -2.12. The summed E-state index contributed by atoms with van der Waals surface area (Å²) in [5.41, 5.74) is 4.43. The number of fused-ring (bicyclic) bond motifs is 1. The second kappa shape index (κ2) is 8.93. The Kier molecular flexibility index (Phi) is 5.90. The summed E-state index contributed by atoms with van der Waals surface area (Å²) < 4.78 is 12.6. The van der Waals surface area contributed by atoms with Crippen molar-refractivity contribution in [3.63, 3.8) is 0 Å². The molecule has 4 aromatic rings. The highest BCUT2D eigenvalue weighted by atomic mass is 16.5. The number of aromatic nitrogens is 4. The van der Waals surface area contributed by atoms with Crippen LogP contribution in [0.2, 0.25) is 0 Å². The van der Waals surface area contributed by atoms with Gasteiger partial charge in [-0.1, -0.05) is 42.5 Å². The molecule has 0 saturated heterocycles. The van der Waals surface area contributed by atoms with E-state index in [2.05, 4.69) is 20.6 Å². The van der Waals surface area contributed by atoms with Gasteiger partial charge in [0.25, 0.3) is 5.91 Å². The number of hydrogen-bond donors (Lipinski definition) is 1. The number of amides is 1. The normalized spacial score (nSPS) is 10.9. The van der Waals surface area contributed by atoms with Crippen LogP contribution in [0.5, 0.6) is 5.75 Å². The van der Waals surface area contributed by atoms with E-state index in [0.29, 0.717) is 36.0 Å². The van der Waals surface area contributed by atoms with Crippen LogP contribution in [0.1, 0.15) is 28.8 Å². The van der Waals surface area contributed by atoms with Gasteiger partial charge in [-0.3, -0.25) is 4.79 Å². The monoisotopic (exact) mass is 417 g/mol. The number of methoxy groups -OCH3 is 1. The fourth-order valence-electron chi connectivity index (χ4n) is 3.43. The van der Waals surface area contributed by atoms with Crippen molar-refractivity contribution >= 4 is 17.2 Å². The number of nitrogens with one attached hydrogen (secondary N) is 1. The summed E-state index contributed by atoms with van der Waals surface area (Å²) in [5, 5.41) is 16.1. The zero-order valence-corrected chi connectivity index (χ0v) is 17.6. The fraction of sp³-hybridized carbons (Fsp3) is 0.217. The second-order valence-corrected chi connectivity index (χ2v) is 6.87. The van der Waals surface area contributed by atoms with Crippen molar-refractivity contribution in [1.29, 1.82) is 0 Å². The van der Waals surface area contributed by atoms with Crippen LogP contribution in [0.15, 0.2) is 54.6 Å². The van der Waals surface area contributed by atoms with E-state index in [4.69, 9.17) is 9.47 Å². The minimum Gasteiger partial charge on any atom is -0.492 e. The molecule has 0 fully saturated rings. The molecule has 0 saturated carbocycles. The van der Waals surface area contributed by atoms with Crippen molar-refractivity contribution in [2.45, 2.75) is 20.5 Å². The molecular weight excluding hydrogens is 394 g/mol. The van der Waals surface area contributed by atoms with E-state index >= 15 is 0 Å². The predicted octanol–water partition coefficient (Wildman–Crippen LogP) is 3.90. The number of carbonyl (C=O) groups excluding carboxylic acids is 1. The Morgan fingerprint density at radius 2 is 1.81 bits per heavy atom. The highest BCUT2D eigenvalue weighted by Crippen LogP contribution is 2.29. The van der Waals surface area contributed by atoms with E-state index in [9.17, 15) is 4.79 Å². The van der Waals surface area contributed by atoms with Gasteiger partial charge in [-0.05, 0) is 31.5 Å². The van der Waals surface area contributed by atoms with Crippen LogP contribution in [0.3, 0.4) is 0 Å². The quantitative estimate of drug-likeness (QED) is 0.490. The molecule has 0 atom stereocenters. The SMILES string of the molecule is CCOc1ccccc1NC(=O)c1nnc2c(-c3ccccc3)c(COC)nn2c1C. The third-order valence-electron chi connectivity index (χ3n) is 4.83. The molecule has 1 amide bonds. The van der Waals surface area contributed by atoms with Crippen molar-refractivity contribution in [2.75, 3.05) is 19.0 Å². The van der Waals surface area contributed by atoms with Gasteiger partial charge in [0.05, 0.1) is 35.9 Å². The van der Waals surface area contributed by atoms with Crippen LogP contribution < -0.4 is 10.1 Å². The number of aryl methyl sites for hydroxylation is 1. The number of benzene rings is 2. The van der Waals surface area contributed by atoms with Gasteiger partial charge in [-0.2, -0.15) is 5.10 Å². The highest BCUT2D eigenvalue weighted by molar-refractivity contribution is 6.04. The van der Waals surface area contributed by atoms with Crippen LogP contribution in [-0.2, 0) is 11.3 Å². The lowest BCUT2D eigenvalue weighted by Crippen LogP contribution is -2.19. The smallest absolute Gasteiger partial charge is 0.278 e. The molecule has 158 valence electrons. The van der Waals surface area contributed by atoms with Crippen molar-refractivity contribution in [3.8, 4) is 16.9 Å². The van der Waals surface area contributed by atoms with Crippen molar-refractivity contribution < 1.29 is 14.3 Å². The van der Waals surface area contributed by atoms with Gasteiger partial charge in [0.15, 0.2) is 11.3 Å². The Hall–Kier alpha value is -3.78. The van der Waals surface area contributed by atoms with Crippen molar-refractivity contribution in [3.05, 3.63) is 71.7 Å². The minimum absolute atomic E-state index is 0.185. The Balaban J connectivity index is 1.76. The lowest BCUT2D eigenvalue weighted by atomic mass is 10.1. The van der Waals surface area contributed by atoms with Gasteiger partial charge in [-0.25, -0.2) is 4.52 Å². The van der Waals surface area contributed by atoms with Gasteiger partial charge in [-0.15, -0.1) is 10.2 Å². The summed E-state index contributed by atoms with van der Waals surface area (Å²) in [6.07, 6.45) is 0. The molecule has 0 aliphatic rings. The topological polar surface area (TPSA) is 90.6 Å². The number of hydrogen-bond acceptors (Lipinski definition) is 6. The molecule has 8 nitrogen and oxygen atoms in total. The number of rotatable bonds is 7.